The number of hydrogen-bond acceptors (Lipinski definition) is 2. The van der Waals surface area contributed by atoms with Gasteiger partial charge in [-0.25, -0.2) is 0 Å². The minimum absolute atomic E-state index is 0.0276. The molecule has 0 radical (unpaired) electrons. The highest BCUT2D eigenvalue weighted by atomic mass is 79.9. The average molecular weight is 429 g/mol. The van der Waals surface area contributed by atoms with E-state index in [9.17, 15) is 4.79 Å². The standard InChI is InChI=1S/C16H19Br2N3O/c1-9(2)14-13(18)15(21-20-14)16(22)19-10(3)8-11-4-6-12(17)7-5-11/h4-7,9-10H,8H2,1-3H3,(H,19,22)(H,20,21). The number of nitrogens with zero attached hydrogens (tertiary/aromatic N) is 1. The molecule has 6 heteroatoms. The van der Waals surface area contributed by atoms with Gasteiger partial charge in [0.1, 0.15) is 0 Å². The number of aromatic nitrogens is 2. The number of halogens is 2. The smallest absolute Gasteiger partial charge is 0.273 e. The molecule has 0 aliphatic carbocycles. The van der Waals surface area contributed by atoms with Gasteiger partial charge in [0, 0.05) is 10.5 Å². The van der Waals surface area contributed by atoms with Gasteiger partial charge >= 0.3 is 0 Å². The summed E-state index contributed by atoms with van der Waals surface area (Å²) in [5, 5.41) is 10.0. The summed E-state index contributed by atoms with van der Waals surface area (Å²) in [6, 6.07) is 8.13. The van der Waals surface area contributed by atoms with Crippen LogP contribution < -0.4 is 5.32 Å². The summed E-state index contributed by atoms with van der Waals surface area (Å²) in [7, 11) is 0. The van der Waals surface area contributed by atoms with Crippen molar-refractivity contribution in [2.45, 2.75) is 39.2 Å². The zero-order valence-corrected chi connectivity index (χ0v) is 16.0. The molecule has 0 spiro atoms. The maximum atomic E-state index is 12.3. The Hall–Kier alpha value is -1.14. The van der Waals surface area contributed by atoms with Crippen molar-refractivity contribution in [2.75, 3.05) is 0 Å². The molecule has 0 aliphatic rings. The maximum Gasteiger partial charge on any atom is 0.273 e. The van der Waals surface area contributed by atoms with Gasteiger partial charge in [0.25, 0.3) is 5.91 Å². The second-order valence-electron chi connectivity index (χ2n) is 5.66. The molecule has 1 unspecified atom stereocenters. The molecule has 1 amide bonds. The Kier molecular flexibility index (Phi) is 5.81. The third-order valence-corrected chi connectivity index (χ3v) is 4.69. The Morgan fingerprint density at radius 2 is 1.86 bits per heavy atom. The Labute approximate surface area is 147 Å². The second-order valence-corrected chi connectivity index (χ2v) is 7.37. The molecule has 0 saturated heterocycles. The average Bonchev–Trinajstić information content (AvgIpc) is 2.83. The minimum atomic E-state index is -0.167. The number of benzene rings is 1. The Morgan fingerprint density at radius 3 is 2.41 bits per heavy atom. The largest absolute Gasteiger partial charge is 0.348 e. The van der Waals surface area contributed by atoms with Gasteiger partial charge in [-0.1, -0.05) is 41.9 Å². The highest BCUT2D eigenvalue weighted by Crippen LogP contribution is 2.25. The first-order chi connectivity index (χ1) is 10.4. The van der Waals surface area contributed by atoms with Gasteiger partial charge in [-0.3, -0.25) is 9.89 Å². The number of carbonyl (C=O) groups is 1. The normalized spacial score (nSPS) is 12.5. The lowest BCUT2D eigenvalue weighted by atomic mass is 10.1. The van der Waals surface area contributed by atoms with E-state index in [4.69, 9.17) is 0 Å². The summed E-state index contributed by atoms with van der Waals surface area (Å²) in [4.78, 5) is 12.3. The third kappa shape index (κ3) is 4.20. The van der Waals surface area contributed by atoms with Crippen LogP contribution in [0.3, 0.4) is 0 Å². The Balaban J connectivity index is 2.00. The van der Waals surface area contributed by atoms with Gasteiger partial charge in [-0.15, -0.1) is 0 Å². The van der Waals surface area contributed by atoms with Gasteiger partial charge < -0.3 is 5.32 Å². The summed E-state index contributed by atoms with van der Waals surface area (Å²) in [5.74, 6) is 0.114. The molecule has 118 valence electrons. The van der Waals surface area contributed by atoms with Crippen LogP contribution in [0.15, 0.2) is 33.2 Å². The molecular formula is C16H19Br2N3O. The van der Waals surface area contributed by atoms with Crippen molar-refractivity contribution in [3.05, 3.63) is 50.2 Å². The molecule has 1 heterocycles. The summed E-state index contributed by atoms with van der Waals surface area (Å²) < 4.78 is 1.80. The fourth-order valence-electron chi connectivity index (χ4n) is 2.19. The van der Waals surface area contributed by atoms with Crippen molar-refractivity contribution < 1.29 is 4.79 Å². The summed E-state index contributed by atoms with van der Waals surface area (Å²) in [6.07, 6.45) is 0.776. The molecule has 2 N–H and O–H groups in total. The van der Waals surface area contributed by atoms with E-state index in [1.165, 1.54) is 5.56 Å². The molecule has 0 fully saturated rings. The first kappa shape index (κ1) is 17.2. The lowest BCUT2D eigenvalue weighted by molar-refractivity contribution is 0.0934. The van der Waals surface area contributed by atoms with Crippen LogP contribution in [-0.4, -0.2) is 22.1 Å². The summed E-state index contributed by atoms with van der Waals surface area (Å²) in [5.41, 5.74) is 2.53. The predicted octanol–water partition coefficient (Wildman–Crippen LogP) is 4.42. The number of amides is 1. The van der Waals surface area contributed by atoms with Gasteiger partial charge in [-0.05, 0) is 52.9 Å². The molecule has 22 heavy (non-hydrogen) atoms. The van der Waals surface area contributed by atoms with Crippen molar-refractivity contribution in [3.63, 3.8) is 0 Å². The number of H-pyrrole nitrogens is 1. The van der Waals surface area contributed by atoms with Crippen molar-refractivity contribution in [1.29, 1.82) is 0 Å². The number of nitrogens with one attached hydrogen (secondary N) is 2. The fraction of sp³-hybridized carbons (Fsp3) is 0.375. The van der Waals surface area contributed by atoms with E-state index < -0.39 is 0 Å². The van der Waals surface area contributed by atoms with Crippen LogP contribution in [0, 0.1) is 0 Å². The molecule has 4 nitrogen and oxygen atoms in total. The van der Waals surface area contributed by atoms with Crippen LogP contribution in [0.25, 0.3) is 0 Å². The quantitative estimate of drug-likeness (QED) is 0.740. The van der Waals surface area contributed by atoms with Gasteiger partial charge in [0.2, 0.25) is 0 Å². The molecule has 0 saturated carbocycles. The van der Waals surface area contributed by atoms with Gasteiger partial charge in [0.05, 0.1) is 10.2 Å². The Morgan fingerprint density at radius 1 is 1.23 bits per heavy atom. The highest BCUT2D eigenvalue weighted by Gasteiger charge is 2.20. The maximum absolute atomic E-state index is 12.3. The molecular weight excluding hydrogens is 410 g/mol. The molecule has 2 aromatic rings. The Bertz CT molecular complexity index is 650. The molecule has 1 aromatic carbocycles. The SMILES string of the molecule is CC(Cc1ccc(Br)cc1)NC(=O)c1n[nH]c(C(C)C)c1Br. The molecule has 0 aliphatic heterocycles. The topological polar surface area (TPSA) is 57.8 Å². The van der Waals surface area contributed by atoms with E-state index in [1.807, 2.05) is 31.2 Å². The van der Waals surface area contributed by atoms with Crippen LogP contribution in [-0.2, 0) is 6.42 Å². The number of aromatic amines is 1. The van der Waals surface area contributed by atoms with Crippen LogP contribution in [0.5, 0.6) is 0 Å². The van der Waals surface area contributed by atoms with E-state index in [-0.39, 0.29) is 17.9 Å². The predicted molar refractivity (Wildman–Crippen MR) is 95.2 cm³/mol. The summed E-state index contributed by atoms with van der Waals surface area (Å²) >= 11 is 6.88. The van der Waals surface area contributed by atoms with Crippen LogP contribution in [0.1, 0.15) is 48.4 Å². The molecule has 1 atom stereocenters. The first-order valence-electron chi connectivity index (χ1n) is 7.17. The second kappa shape index (κ2) is 7.42. The van der Waals surface area contributed by atoms with Gasteiger partial charge in [-0.2, -0.15) is 5.10 Å². The minimum Gasteiger partial charge on any atom is -0.348 e. The van der Waals surface area contributed by atoms with Crippen LogP contribution >= 0.6 is 31.9 Å². The number of rotatable bonds is 5. The van der Waals surface area contributed by atoms with E-state index in [1.54, 1.807) is 0 Å². The van der Waals surface area contributed by atoms with E-state index in [0.29, 0.717) is 5.69 Å². The van der Waals surface area contributed by atoms with Crippen molar-refractivity contribution in [2.24, 2.45) is 0 Å². The lowest BCUT2D eigenvalue weighted by Gasteiger charge is -2.13. The molecule has 0 bridgehead atoms. The third-order valence-electron chi connectivity index (χ3n) is 3.36. The lowest BCUT2D eigenvalue weighted by Crippen LogP contribution is -2.34. The summed E-state index contributed by atoms with van der Waals surface area (Å²) in [6.45, 7) is 6.09. The number of hydrogen-bond donors (Lipinski definition) is 2. The van der Waals surface area contributed by atoms with Crippen molar-refractivity contribution in [1.82, 2.24) is 15.5 Å². The zero-order valence-electron chi connectivity index (χ0n) is 12.8. The van der Waals surface area contributed by atoms with E-state index >= 15 is 0 Å². The van der Waals surface area contributed by atoms with E-state index in [0.717, 1.165) is 21.1 Å². The van der Waals surface area contributed by atoms with Crippen LogP contribution in [0.2, 0.25) is 0 Å². The zero-order chi connectivity index (χ0) is 16.3. The molecule has 2 rings (SSSR count). The van der Waals surface area contributed by atoms with Crippen molar-refractivity contribution >= 4 is 37.8 Å². The number of carbonyl (C=O) groups excluding carboxylic acids is 1. The molecule has 1 aromatic heterocycles. The highest BCUT2D eigenvalue weighted by molar-refractivity contribution is 9.10. The monoisotopic (exact) mass is 427 g/mol. The van der Waals surface area contributed by atoms with Gasteiger partial charge in [0.15, 0.2) is 5.69 Å². The first-order valence-corrected chi connectivity index (χ1v) is 8.76. The fourth-order valence-corrected chi connectivity index (χ4v) is 3.27. The van der Waals surface area contributed by atoms with E-state index in [2.05, 4.69) is 61.2 Å². The van der Waals surface area contributed by atoms with Crippen LogP contribution in [0.4, 0.5) is 0 Å². The van der Waals surface area contributed by atoms with Crippen molar-refractivity contribution in [3.8, 4) is 0 Å².